The minimum absolute atomic E-state index is 0.0317. The molecule has 2 rings (SSSR count). The van der Waals surface area contributed by atoms with E-state index in [0.717, 1.165) is 21.1 Å². The Morgan fingerprint density at radius 1 is 1.10 bits per heavy atom. The molecular formula is C14H14N2O3S. The summed E-state index contributed by atoms with van der Waals surface area (Å²) in [5.41, 5.74) is 0.789. The van der Waals surface area contributed by atoms with Crippen molar-refractivity contribution in [1.29, 1.82) is 0 Å². The number of hydrogen-bond acceptors (Lipinski definition) is 4. The van der Waals surface area contributed by atoms with Crippen molar-refractivity contribution >= 4 is 11.8 Å². The van der Waals surface area contributed by atoms with E-state index in [-0.39, 0.29) is 11.4 Å². The average molecular weight is 290 g/mol. The molecule has 1 N–H and O–H groups in total. The molecule has 5 nitrogen and oxygen atoms in total. The van der Waals surface area contributed by atoms with Gasteiger partial charge >= 0.3 is 0 Å². The minimum atomic E-state index is 0.0317. The van der Waals surface area contributed by atoms with E-state index in [0.29, 0.717) is 0 Å². The summed E-state index contributed by atoms with van der Waals surface area (Å²) < 4.78 is 5.11. The van der Waals surface area contributed by atoms with Crippen LogP contribution in [0.1, 0.15) is 5.56 Å². The quantitative estimate of drug-likeness (QED) is 0.518. The lowest BCUT2D eigenvalue weighted by molar-refractivity contribution is -0.570. The van der Waals surface area contributed by atoms with E-state index in [4.69, 9.17) is 9.94 Å². The predicted molar refractivity (Wildman–Crippen MR) is 75.1 cm³/mol. The summed E-state index contributed by atoms with van der Waals surface area (Å²) in [6.07, 6.45) is 0. The van der Waals surface area contributed by atoms with Gasteiger partial charge in [0.2, 0.25) is 6.54 Å². The number of nitrogens with zero attached hydrogens (tertiary/aromatic N) is 2. The molecule has 2 aromatic rings. The van der Waals surface area contributed by atoms with Gasteiger partial charge in [0.15, 0.2) is 5.28 Å². The van der Waals surface area contributed by atoms with Crippen LogP contribution in [0.2, 0.25) is 0 Å². The van der Waals surface area contributed by atoms with Gasteiger partial charge < -0.3 is 15.2 Å². The molecular weight excluding hydrogens is 276 g/mol. The average Bonchev–Trinajstić information content (AvgIpc) is 2.50. The Labute approximate surface area is 121 Å². The third kappa shape index (κ3) is 3.89. The Morgan fingerprint density at radius 2 is 1.65 bits per heavy atom. The molecule has 0 heterocycles. The molecule has 0 saturated carbocycles. The second-order valence-corrected chi connectivity index (χ2v) is 5.17. The zero-order valence-electron chi connectivity index (χ0n) is 10.9. The topological polar surface area (TPSA) is 67.9 Å². The summed E-state index contributed by atoms with van der Waals surface area (Å²) in [4.78, 5) is 2.40. The van der Waals surface area contributed by atoms with Crippen LogP contribution in [0.4, 0.5) is 0 Å². The molecule has 0 atom stereocenters. The molecule has 0 spiro atoms. The van der Waals surface area contributed by atoms with Crippen LogP contribution in [-0.4, -0.2) is 17.2 Å². The molecule has 2 aromatic carbocycles. The van der Waals surface area contributed by atoms with Gasteiger partial charge in [-0.15, -0.1) is 0 Å². The SMILES string of the molecule is COc1ccc(Sc2ccc(C[N+]([O-])=NO)cc2)cc1. The summed E-state index contributed by atoms with van der Waals surface area (Å²) >= 11 is 1.62. The highest BCUT2D eigenvalue weighted by atomic mass is 32.2. The molecule has 0 unspecified atom stereocenters. The number of benzene rings is 2. The van der Waals surface area contributed by atoms with E-state index >= 15 is 0 Å². The maximum atomic E-state index is 10.9. The van der Waals surface area contributed by atoms with Crippen molar-refractivity contribution < 1.29 is 14.8 Å². The smallest absolute Gasteiger partial charge is 0.209 e. The highest BCUT2D eigenvalue weighted by molar-refractivity contribution is 7.99. The van der Waals surface area contributed by atoms with Gasteiger partial charge in [0, 0.05) is 15.4 Å². The lowest BCUT2D eigenvalue weighted by Gasteiger charge is -2.04. The van der Waals surface area contributed by atoms with Gasteiger partial charge in [0.05, 0.1) is 7.11 Å². The second kappa shape index (κ2) is 6.81. The van der Waals surface area contributed by atoms with Crippen molar-refractivity contribution in [3.05, 3.63) is 59.3 Å². The lowest BCUT2D eigenvalue weighted by atomic mass is 10.2. The third-order valence-electron chi connectivity index (χ3n) is 2.64. The highest BCUT2D eigenvalue weighted by Crippen LogP contribution is 2.29. The highest BCUT2D eigenvalue weighted by Gasteiger charge is 2.02. The number of rotatable bonds is 5. The molecule has 104 valence electrons. The van der Waals surface area contributed by atoms with Gasteiger partial charge in [-0.25, -0.2) is 0 Å². The van der Waals surface area contributed by atoms with E-state index in [1.807, 2.05) is 48.5 Å². The third-order valence-corrected chi connectivity index (χ3v) is 3.65. The van der Waals surface area contributed by atoms with Crippen molar-refractivity contribution in [2.45, 2.75) is 16.3 Å². The van der Waals surface area contributed by atoms with Crippen molar-refractivity contribution in [1.82, 2.24) is 0 Å². The van der Waals surface area contributed by atoms with Gasteiger partial charge in [-0.2, -0.15) is 0 Å². The van der Waals surface area contributed by atoms with Crippen molar-refractivity contribution in [2.75, 3.05) is 7.11 Å². The Bertz CT molecular complexity index is 582. The normalized spacial score (nSPS) is 11.3. The van der Waals surface area contributed by atoms with Crippen LogP contribution in [0.5, 0.6) is 5.75 Å². The summed E-state index contributed by atoms with van der Waals surface area (Å²) in [6.45, 7) is 0.0317. The first-order chi connectivity index (χ1) is 9.71. The van der Waals surface area contributed by atoms with Gasteiger partial charge in [-0.05, 0) is 36.4 Å². The fraction of sp³-hybridized carbons (Fsp3) is 0.143. The van der Waals surface area contributed by atoms with Crippen LogP contribution >= 0.6 is 11.8 Å². The second-order valence-electron chi connectivity index (χ2n) is 4.02. The lowest BCUT2D eigenvalue weighted by Crippen LogP contribution is -1.99. The van der Waals surface area contributed by atoms with Crippen LogP contribution in [0.25, 0.3) is 0 Å². The predicted octanol–water partition coefficient (Wildman–Crippen LogP) is 3.70. The van der Waals surface area contributed by atoms with E-state index in [1.54, 1.807) is 18.9 Å². The van der Waals surface area contributed by atoms with E-state index in [1.165, 1.54) is 0 Å². The van der Waals surface area contributed by atoms with Gasteiger partial charge in [0.25, 0.3) is 0 Å². The van der Waals surface area contributed by atoms with Crippen LogP contribution < -0.4 is 4.74 Å². The molecule has 0 aliphatic rings. The molecule has 6 heteroatoms. The van der Waals surface area contributed by atoms with Crippen LogP contribution in [0.3, 0.4) is 0 Å². The molecule has 0 saturated heterocycles. The first kappa shape index (κ1) is 14.2. The van der Waals surface area contributed by atoms with Crippen LogP contribution in [0, 0.1) is 5.21 Å². The van der Waals surface area contributed by atoms with Crippen molar-refractivity contribution in [2.24, 2.45) is 5.28 Å². The Hall–Kier alpha value is -2.21. The minimum Gasteiger partial charge on any atom is -0.597 e. The molecule has 0 bridgehead atoms. The zero-order chi connectivity index (χ0) is 14.4. The molecule has 0 fully saturated rings. The summed E-state index contributed by atoms with van der Waals surface area (Å²) in [7, 11) is 1.64. The zero-order valence-corrected chi connectivity index (χ0v) is 11.7. The molecule has 0 amide bonds. The number of hydroxylamine groups is 1. The first-order valence-electron chi connectivity index (χ1n) is 5.92. The van der Waals surface area contributed by atoms with Crippen LogP contribution in [-0.2, 0) is 6.54 Å². The molecule has 0 radical (unpaired) electrons. The fourth-order valence-corrected chi connectivity index (χ4v) is 2.45. The fourth-order valence-electron chi connectivity index (χ4n) is 1.63. The van der Waals surface area contributed by atoms with Crippen molar-refractivity contribution in [3.8, 4) is 5.75 Å². The van der Waals surface area contributed by atoms with Gasteiger partial charge in [0.1, 0.15) is 5.75 Å². The van der Waals surface area contributed by atoms with Gasteiger partial charge in [-0.1, -0.05) is 28.8 Å². The molecule has 0 aliphatic carbocycles. The Morgan fingerprint density at radius 3 is 2.15 bits per heavy atom. The number of hydrogen-bond donors (Lipinski definition) is 1. The Kier molecular flexibility index (Phi) is 4.84. The van der Waals surface area contributed by atoms with E-state index in [9.17, 15) is 5.21 Å². The monoisotopic (exact) mass is 290 g/mol. The molecule has 0 aromatic heterocycles. The maximum absolute atomic E-state index is 10.9. The number of methoxy groups -OCH3 is 1. The van der Waals surface area contributed by atoms with Crippen LogP contribution in [0.15, 0.2) is 63.6 Å². The number of ether oxygens (including phenoxy) is 1. The maximum Gasteiger partial charge on any atom is 0.209 e. The molecule has 0 aliphatic heterocycles. The van der Waals surface area contributed by atoms with Gasteiger partial charge in [-0.3, -0.25) is 0 Å². The summed E-state index contributed by atoms with van der Waals surface area (Å²) in [5.74, 6) is 0.827. The van der Waals surface area contributed by atoms with E-state index < -0.39 is 0 Å². The summed E-state index contributed by atoms with van der Waals surface area (Å²) in [5, 5.41) is 21.8. The van der Waals surface area contributed by atoms with E-state index in [2.05, 4.69) is 5.28 Å². The first-order valence-corrected chi connectivity index (χ1v) is 6.73. The largest absolute Gasteiger partial charge is 0.597 e. The molecule has 20 heavy (non-hydrogen) atoms. The Balaban J connectivity index is 2.02. The summed E-state index contributed by atoms with van der Waals surface area (Å²) in [6, 6.07) is 15.3. The standard InChI is InChI=1S/C14H14N2O3S/c1-19-12-4-8-14(9-5-12)20-13-6-2-11(3-7-13)10-16(18)15-17/h2-9,17H,10H2,1H3. The van der Waals surface area contributed by atoms with Crippen molar-refractivity contribution in [3.63, 3.8) is 0 Å².